The molecule has 4 nitrogen and oxygen atoms in total. The summed E-state index contributed by atoms with van der Waals surface area (Å²) in [6.07, 6.45) is 0.276. The fourth-order valence-electron chi connectivity index (χ4n) is 1.45. The van der Waals surface area contributed by atoms with Crippen molar-refractivity contribution in [3.63, 3.8) is 0 Å². The third kappa shape index (κ3) is 4.30. The highest BCUT2D eigenvalue weighted by Crippen LogP contribution is 2.15. The number of rotatable bonds is 5. The van der Waals surface area contributed by atoms with Gasteiger partial charge in [0.2, 0.25) is 5.91 Å². The highest BCUT2D eigenvalue weighted by Gasteiger charge is 2.20. The summed E-state index contributed by atoms with van der Waals surface area (Å²) < 4.78 is 5.19. The van der Waals surface area contributed by atoms with Crippen molar-refractivity contribution >= 4 is 17.4 Å². The van der Waals surface area contributed by atoms with Crippen LogP contribution in [0.4, 0.5) is 5.69 Å². The van der Waals surface area contributed by atoms with E-state index in [4.69, 9.17) is 4.74 Å². The molecule has 4 heteroatoms. The van der Waals surface area contributed by atoms with E-state index in [1.165, 1.54) is 6.92 Å². The number of nitrogens with one attached hydrogen (secondary N) is 1. The van der Waals surface area contributed by atoms with E-state index < -0.39 is 5.60 Å². The van der Waals surface area contributed by atoms with Crippen LogP contribution in [0.1, 0.15) is 37.6 Å². The standard InChI is InChI=1S/C14H19NO3/c1-10(16)11-5-7-12(8-6-11)15-13(17)9-14(2,3)18-4/h5-8H,9H2,1-4H3,(H,15,17). The minimum atomic E-state index is -0.483. The highest BCUT2D eigenvalue weighted by atomic mass is 16.5. The lowest BCUT2D eigenvalue weighted by Crippen LogP contribution is -2.29. The molecule has 0 aliphatic heterocycles. The molecule has 0 saturated heterocycles. The number of Topliss-reactive ketones (excluding diaryl/α,β-unsaturated/α-hetero) is 1. The van der Waals surface area contributed by atoms with Gasteiger partial charge in [-0.3, -0.25) is 9.59 Å². The minimum absolute atomic E-state index is 0.00777. The molecule has 0 aliphatic carbocycles. The molecular weight excluding hydrogens is 230 g/mol. The quantitative estimate of drug-likeness (QED) is 0.816. The summed E-state index contributed by atoms with van der Waals surface area (Å²) >= 11 is 0. The molecule has 0 bridgehead atoms. The Morgan fingerprint density at radius 3 is 2.22 bits per heavy atom. The molecule has 0 unspecified atom stereocenters. The van der Waals surface area contributed by atoms with E-state index in [-0.39, 0.29) is 18.1 Å². The van der Waals surface area contributed by atoms with Crippen LogP contribution in [0.15, 0.2) is 24.3 Å². The maximum atomic E-state index is 11.7. The number of hydrogen-bond acceptors (Lipinski definition) is 3. The van der Waals surface area contributed by atoms with E-state index in [9.17, 15) is 9.59 Å². The fourth-order valence-corrected chi connectivity index (χ4v) is 1.45. The summed E-state index contributed by atoms with van der Waals surface area (Å²) in [4.78, 5) is 22.8. The molecule has 18 heavy (non-hydrogen) atoms. The average Bonchev–Trinajstić information content (AvgIpc) is 2.29. The van der Waals surface area contributed by atoms with Crippen molar-refractivity contribution in [2.24, 2.45) is 0 Å². The average molecular weight is 249 g/mol. The van der Waals surface area contributed by atoms with E-state index in [1.807, 2.05) is 13.8 Å². The summed E-state index contributed by atoms with van der Waals surface area (Å²) in [7, 11) is 1.58. The SMILES string of the molecule is COC(C)(C)CC(=O)Nc1ccc(C(C)=O)cc1. The van der Waals surface area contributed by atoms with Gasteiger partial charge >= 0.3 is 0 Å². The van der Waals surface area contributed by atoms with E-state index in [0.717, 1.165) is 0 Å². The second-order valence-electron chi connectivity index (χ2n) is 4.82. The Hall–Kier alpha value is -1.68. The lowest BCUT2D eigenvalue weighted by Gasteiger charge is -2.21. The first-order valence-corrected chi connectivity index (χ1v) is 5.80. The Morgan fingerprint density at radius 2 is 1.78 bits per heavy atom. The van der Waals surface area contributed by atoms with Gasteiger partial charge in [0.05, 0.1) is 12.0 Å². The van der Waals surface area contributed by atoms with Crippen molar-refractivity contribution in [3.05, 3.63) is 29.8 Å². The second-order valence-corrected chi connectivity index (χ2v) is 4.82. The zero-order chi connectivity index (χ0) is 13.8. The van der Waals surface area contributed by atoms with E-state index in [0.29, 0.717) is 11.3 Å². The first-order valence-electron chi connectivity index (χ1n) is 5.80. The van der Waals surface area contributed by atoms with Gasteiger partial charge in [-0.1, -0.05) is 0 Å². The molecule has 1 N–H and O–H groups in total. The van der Waals surface area contributed by atoms with E-state index >= 15 is 0 Å². The summed E-state index contributed by atoms with van der Waals surface area (Å²) in [5, 5.41) is 2.77. The molecule has 0 radical (unpaired) electrons. The van der Waals surface area contributed by atoms with E-state index in [1.54, 1.807) is 31.4 Å². The van der Waals surface area contributed by atoms with Crippen LogP contribution in [0.3, 0.4) is 0 Å². The smallest absolute Gasteiger partial charge is 0.227 e. The van der Waals surface area contributed by atoms with Crippen LogP contribution in [0.25, 0.3) is 0 Å². The van der Waals surface area contributed by atoms with Crippen molar-refractivity contribution in [2.45, 2.75) is 32.8 Å². The molecule has 0 atom stereocenters. The Bertz CT molecular complexity index is 435. The molecule has 0 heterocycles. The summed E-state index contributed by atoms with van der Waals surface area (Å²) in [6, 6.07) is 6.82. The summed E-state index contributed by atoms with van der Waals surface area (Å²) in [6.45, 7) is 5.21. The molecule has 0 aliphatic rings. The number of methoxy groups -OCH3 is 1. The number of amides is 1. The van der Waals surface area contributed by atoms with Gasteiger partial charge in [0.1, 0.15) is 0 Å². The Balaban J connectivity index is 2.63. The number of ketones is 1. The Kier molecular flexibility index (Phi) is 4.62. The van der Waals surface area contributed by atoms with Crippen LogP contribution >= 0.6 is 0 Å². The maximum Gasteiger partial charge on any atom is 0.227 e. The number of ether oxygens (including phenoxy) is 1. The van der Waals surface area contributed by atoms with Crippen LogP contribution in [0.2, 0.25) is 0 Å². The number of hydrogen-bond donors (Lipinski definition) is 1. The predicted molar refractivity (Wildman–Crippen MR) is 70.8 cm³/mol. The molecule has 1 amide bonds. The van der Waals surface area contributed by atoms with Crippen LogP contribution in [-0.4, -0.2) is 24.4 Å². The van der Waals surface area contributed by atoms with Crippen molar-refractivity contribution < 1.29 is 14.3 Å². The van der Waals surface area contributed by atoms with Crippen molar-refractivity contribution in [1.82, 2.24) is 0 Å². The van der Waals surface area contributed by atoms with Crippen LogP contribution in [-0.2, 0) is 9.53 Å². The third-order valence-corrected chi connectivity index (χ3v) is 2.71. The van der Waals surface area contributed by atoms with E-state index in [2.05, 4.69) is 5.32 Å². The lowest BCUT2D eigenvalue weighted by atomic mass is 10.0. The summed E-state index contributed by atoms with van der Waals surface area (Å²) in [5.74, 6) is -0.106. The van der Waals surface area contributed by atoms with Gasteiger partial charge < -0.3 is 10.1 Å². The largest absolute Gasteiger partial charge is 0.378 e. The van der Waals surface area contributed by atoms with Crippen molar-refractivity contribution in [2.75, 3.05) is 12.4 Å². The second kappa shape index (κ2) is 5.78. The lowest BCUT2D eigenvalue weighted by molar-refractivity contribution is -0.121. The van der Waals surface area contributed by atoms with Gasteiger partial charge in [0.25, 0.3) is 0 Å². The van der Waals surface area contributed by atoms with Gasteiger partial charge in [0, 0.05) is 18.4 Å². The molecule has 1 rings (SSSR count). The summed E-state index contributed by atoms with van der Waals surface area (Å²) in [5.41, 5.74) is 0.825. The number of anilines is 1. The minimum Gasteiger partial charge on any atom is -0.378 e. The van der Waals surface area contributed by atoms with Crippen molar-refractivity contribution in [1.29, 1.82) is 0 Å². The molecular formula is C14H19NO3. The van der Waals surface area contributed by atoms with Crippen LogP contribution < -0.4 is 5.32 Å². The molecule has 0 spiro atoms. The molecule has 1 aromatic carbocycles. The molecule has 98 valence electrons. The van der Waals surface area contributed by atoms with Crippen LogP contribution in [0, 0.1) is 0 Å². The molecule has 0 saturated carbocycles. The first kappa shape index (κ1) is 14.4. The number of carbonyl (C=O) groups excluding carboxylic acids is 2. The van der Waals surface area contributed by atoms with Gasteiger partial charge in [-0.2, -0.15) is 0 Å². The van der Waals surface area contributed by atoms with Gasteiger partial charge in [-0.25, -0.2) is 0 Å². The third-order valence-electron chi connectivity index (χ3n) is 2.71. The van der Waals surface area contributed by atoms with Gasteiger partial charge in [0.15, 0.2) is 5.78 Å². The molecule has 0 aromatic heterocycles. The Morgan fingerprint density at radius 1 is 1.22 bits per heavy atom. The van der Waals surface area contributed by atoms with Gasteiger partial charge in [-0.15, -0.1) is 0 Å². The molecule has 0 fully saturated rings. The predicted octanol–water partition coefficient (Wildman–Crippen LogP) is 2.64. The molecule has 1 aromatic rings. The normalized spacial score (nSPS) is 11.1. The first-order chi connectivity index (χ1) is 8.34. The van der Waals surface area contributed by atoms with Gasteiger partial charge in [-0.05, 0) is 45.0 Å². The zero-order valence-electron chi connectivity index (χ0n) is 11.2. The van der Waals surface area contributed by atoms with Crippen molar-refractivity contribution in [3.8, 4) is 0 Å². The maximum absolute atomic E-state index is 11.7. The monoisotopic (exact) mass is 249 g/mol. The zero-order valence-corrected chi connectivity index (χ0v) is 11.2. The Labute approximate surface area is 107 Å². The topological polar surface area (TPSA) is 55.4 Å². The highest BCUT2D eigenvalue weighted by molar-refractivity contribution is 5.95. The number of carbonyl (C=O) groups is 2. The number of benzene rings is 1. The fraction of sp³-hybridized carbons (Fsp3) is 0.429. The van der Waals surface area contributed by atoms with Crippen LogP contribution in [0.5, 0.6) is 0 Å².